The average Bonchev–Trinajstić information content (AvgIpc) is 3.53. The van der Waals surface area contributed by atoms with Crippen molar-refractivity contribution in [3.8, 4) is 0 Å². The lowest BCUT2D eigenvalue weighted by atomic mass is 10.1. The molecule has 1 aromatic heterocycles. The lowest BCUT2D eigenvalue weighted by Gasteiger charge is -2.02. The van der Waals surface area contributed by atoms with Crippen LogP contribution in [-0.2, 0) is 0 Å². The Bertz CT molecular complexity index is 1360. The van der Waals surface area contributed by atoms with Crippen molar-refractivity contribution < 1.29 is 0 Å². The highest BCUT2D eigenvalue weighted by atomic mass is 127. The van der Waals surface area contributed by atoms with Crippen LogP contribution >= 0.6 is 95.9 Å². The van der Waals surface area contributed by atoms with E-state index >= 15 is 0 Å². The summed E-state index contributed by atoms with van der Waals surface area (Å²) >= 11 is 0. The van der Waals surface area contributed by atoms with Crippen LogP contribution in [0, 0.1) is 0 Å². The molecule has 0 amide bonds. The molecule has 6 heterocycles. The maximum Gasteiger partial charge on any atom is 0.0753 e. The molecule has 0 fully saturated rings. The van der Waals surface area contributed by atoms with Crippen LogP contribution in [0.25, 0.3) is 5.57 Å². The summed E-state index contributed by atoms with van der Waals surface area (Å²) in [6.45, 7) is 0. The topological polar surface area (TPSA) is 62.3 Å². The summed E-state index contributed by atoms with van der Waals surface area (Å²) in [5, 5.41) is 0. The van der Waals surface area contributed by atoms with E-state index in [0.717, 1.165) is 56.9 Å². The van der Waals surface area contributed by atoms with Crippen LogP contribution in [0.5, 0.6) is 0 Å². The van der Waals surface area contributed by atoms with E-state index in [2.05, 4.69) is 15.0 Å². The highest BCUT2D eigenvalue weighted by Gasteiger charge is 2.18. The predicted molar refractivity (Wildman–Crippen MR) is 183 cm³/mol. The molecule has 9 heteroatoms. The lowest BCUT2D eigenvalue weighted by molar-refractivity contribution is 1.29. The summed E-state index contributed by atoms with van der Waals surface area (Å²) in [6.07, 6.45) is 23.7. The molecule has 5 aliphatic heterocycles. The third-order valence-electron chi connectivity index (χ3n) is 4.98. The molecule has 6 rings (SSSR count). The van der Waals surface area contributed by atoms with Gasteiger partial charge in [-0.25, -0.2) is 20.0 Å². The molecule has 34 heavy (non-hydrogen) atoms. The summed E-state index contributed by atoms with van der Waals surface area (Å²) < 4.78 is 0. The minimum Gasteiger partial charge on any atom is -0.256 e. The van der Waals surface area contributed by atoms with E-state index in [1.54, 1.807) is 6.20 Å². The molecule has 0 atom stereocenters. The van der Waals surface area contributed by atoms with Crippen LogP contribution in [0.15, 0.2) is 134 Å². The molecule has 1 aromatic rings. The van der Waals surface area contributed by atoms with Gasteiger partial charge in [0.15, 0.2) is 0 Å². The van der Waals surface area contributed by atoms with E-state index in [1.807, 2.05) is 85.0 Å². The normalized spacial score (nSPS) is 18.3. The maximum absolute atomic E-state index is 4.83. The molecule has 0 N–H and O–H groups in total. The van der Waals surface area contributed by atoms with Gasteiger partial charge in [-0.2, -0.15) is 0 Å². The summed E-state index contributed by atoms with van der Waals surface area (Å²) in [7, 11) is 0. The summed E-state index contributed by atoms with van der Waals surface area (Å²) in [4.78, 5) is 23.4. The van der Waals surface area contributed by atoms with Gasteiger partial charge in [0.1, 0.15) is 0 Å². The van der Waals surface area contributed by atoms with Gasteiger partial charge in [0.05, 0.1) is 51.3 Å². The summed E-state index contributed by atoms with van der Waals surface area (Å²) in [5.74, 6) is 0. The molecule has 5 aliphatic rings. The van der Waals surface area contributed by atoms with Crippen molar-refractivity contribution in [2.45, 2.75) is 0 Å². The number of pyridine rings is 1. The fourth-order valence-corrected chi connectivity index (χ4v) is 3.62. The minimum absolute atomic E-state index is 0. The molecule has 8 bridgehead atoms. The largest absolute Gasteiger partial charge is 0.256 e. The van der Waals surface area contributed by atoms with Crippen molar-refractivity contribution in [1.29, 1.82) is 0 Å². The number of aliphatic imine (C=N–C) groups is 4. The third kappa shape index (κ3) is 6.26. The van der Waals surface area contributed by atoms with E-state index in [-0.39, 0.29) is 95.9 Å². The Morgan fingerprint density at radius 2 is 1.00 bits per heavy atom. The first kappa shape index (κ1) is 28.9. The van der Waals surface area contributed by atoms with Gasteiger partial charge in [-0.15, -0.1) is 95.9 Å². The average molecular weight is 897 g/mol. The number of fused-ring (bicyclic) bond motifs is 4. The SMILES string of the molecule is C1=CC2=NC1=CC1=NC(=CC3=NC(=CC4=NC(=C2)C=C4)C=C3c2ccccn2)C=C1.I.I.I.I. The second-order valence-corrected chi connectivity index (χ2v) is 7.16. The Labute approximate surface area is 266 Å². The van der Waals surface area contributed by atoms with Crippen LogP contribution in [0.4, 0.5) is 0 Å². The zero-order valence-corrected chi connectivity index (χ0v) is 26.9. The van der Waals surface area contributed by atoms with E-state index in [9.17, 15) is 0 Å². The van der Waals surface area contributed by atoms with Gasteiger partial charge in [0.2, 0.25) is 0 Å². The third-order valence-corrected chi connectivity index (χ3v) is 4.98. The van der Waals surface area contributed by atoms with E-state index in [0.29, 0.717) is 0 Å². The van der Waals surface area contributed by atoms with E-state index < -0.39 is 0 Å². The van der Waals surface area contributed by atoms with Crippen molar-refractivity contribution in [3.63, 3.8) is 0 Å². The Balaban J connectivity index is 0.00000102. The molecule has 0 radical (unpaired) electrons. The zero-order chi connectivity index (χ0) is 19.9. The first-order chi connectivity index (χ1) is 14.8. The van der Waals surface area contributed by atoms with Crippen molar-refractivity contribution in [2.24, 2.45) is 20.0 Å². The zero-order valence-electron chi connectivity index (χ0n) is 17.5. The van der Waals surface area contributed by atoms with Gasteiger partial charge in [0, 0.05) is 11.8 Å². The van der Waals surface area contributed by atoms with Crippen molar-refractivity contribution in [3.05, 3.63) is 120 Å². The van der Waals surface area contributed by atoms with Gasteiger partial charge < -0.3 is 0 Å². The van der Waals surface area contributed by atoms with Crippen molar-refractivity contribution in [2.75, 3.05) is 0 Å². The Morgan fingerprint density at radius 3 is 1.53 bits per heavy atom. The monoisotopic (exact) mass is 897 g/mol. The molecule has 0 saturated heterocycles. The number of aromatic nitrogens is 1. The Morgan fingerprint density at radius 1 is 0.471 bits per heavy atom. The van der Waals surface area contributed by atoms with Gasteiger partial charge in [0.25, 0.3) is 0 Å². The van der Waals surface area contributed by atoms with Gasteiger partial charge in [-0.3, -0.25) is 4.98 Å². The standard InChI is InChI=1S/C25H15N5.4HI/c1-2-10-26-24(3-1)23-14-22-13-20-7-6-18(28-20)11-16-4-5-17(27-16)12-19-8-9-21(29-19)15-25(23)30-22;;;;/h1-15H;4*1H. The van der Waals surface area contributed by atoms with E-state index in [1.165, 1.54) is 0 Å². The molecule has 0 aromatic carbocycles. The van der Waals surface area contributed by atoms with Crippen LogP contribution in [0.2, 0.25) is 0 Å². The molecule has 5 nitrogen and oxygen atoms in total. The number of allylic oxidation sites excluding steroid dienone is 12. The lowest BCUT2D eigenvalue weighted by Crippen LogP contribution is -1.98. The van der Waals surface area contributed by atoms with E-state index in [4.69, 9.17) is 9.98 Å². The number of halogens is 4. The summed E-state index contributed by atoms with van der Waals surface area (Å²) in [6, 6.07) is 5.88. The van der Waals surface area contributed by atoms with Crippen LogP contribution in [-0.4, -0.2) is 27.8 Å². The first-order valence-corrected chi connectivity index (χ1v) is 9.68. The van der Waals surface area contributed by atoms with Crippen molar-refractivity contribution in [1.82, 2.24) is 4.98 Å². The highest BCUT2D eigenvalue weighted by molar-refractivity contribution is 14.0. The second kappa shape index (κ2) is 12.6. The second-order valence-electron chi connectivity index (χ2n) is 7.16. The Hall–Kier alpha value is -1.33. The molecule has 0 saturated carbocycles. The quantitative estimate of drug-likeness (QED) is 0.281. The van der Waals surface area contributed by atoms with Crippen molar-refractivity contribution >= 4 is 124 Å². The molecule has 0 unspecified atom stereocenters. The van der Waals surface area contributed by atoms with Crippen LogP contribution < -0.4 is 0 Å². The molecular weight excluding hydrogens is 878 g/mol. The van der Waals surface area contributed by atoms with Crippen LogP contribution in [0.3, 0.4) is 0 Å². The molecule has 172 valence electrons. The van der Waals surface area contributed by atoms with Gasteiger partial charge in [-0.1, -0.05) is 6.07 Å². The summed E-state index contributed by atoms with van der Waals surface area (Å²) in [5.41, 5.74) is 8.72. The molecule has 0 spiro atoms. The van der Waals surface area contributed by atoms with Gasteiger partial charge >= 0.3 is 0 Å². The number of hydrogen-bond donors (Lipinski definition) is 0. The number of hydrogen-bond acceptors (Lipinski definition) is 5. The van der Waals surface area contributed by atoms with Crippen LogP contribution in [0.1, 0.15) is 5.69 Å². The molecular formula is C25H19I4N5. The Kier molecular flexibility index (Phi) is 10.7. The highest BCUT2D eigenvalue weighted by Crippen LogP contribution is 2.27. The fraction of sp³-hybridized carbons (Fsp3) is 0. The minimum atomic E-state index is 0. The fourth-order valence-electron chi connectivity index (χ4n) is 3.62. The van der Waals surface area contributed by atoms with Gasteiger partial charge in [-0.05, 0) is 79.0 Å². The molecule has 0 aliphatic carbocycles. The first-order valence-electron chi connectivity index (χ1n) is 9.68. The smallest absolute Gasteiger partial charge is 0.0753 e. The predicted octanol–water partition coefficient (Wildman–Crippen LogP) is 6.97. The number of rotatable bonds is 1. The maximum atomic E-state index is 4.83. The number of nitrogens with zero attached hydrogens (tertiary/aromatic N) is 5.